The van der Waals surface area contributed by atoms with Crippen LogP contribution in [0.15, 0.2) is 47.7 Å². The fourth-order valence-electron chi connectivity index (χ4n) is 1.66. The van der Waals surface area contributed by atoms with E-state index in [1.165, 1.54) is 5.56 Å². The maximum absolute atomic E-state index is 6.06. The molecule has 0 saturated heterocycles. The lowest BCUT2D eigenvalue weighted by atomic mass is 10.2. The van der Waals surface area contributed by atoms with Crippen LogP contribution in [0.4, 0.5) is 5.69 Å². The highest BCUT2D eigenvalue weighted by Crippen LogP contribution is 2.29. The Labute approximate surface area is 139 Å². The normalized spacial score (nSPS) is 11.7. The van der Waals surface area contributed by atoms with E-state index in [1.807, 2.05) is 42.7 Å². The molecule has 2 aromatic rings. The third-order valence-corrected chi connectivity index (χ3v) is 5.15. The highest BCUT2D eigenvalue weighted by Gasteiger charge is 2.05. The summed E-state index contributed by atoms with van der Waals surface area (Å²) in [5.74, 6) is 1.90. The van der Waals surface area contributed by atoms with Crippen molar-refractivity contribution >= 4 is 45.2 Å². The molecule has 0 N–H and O–H groups in total. The first kappa shape index (κ1) is 16.4. The first-order valence-electron chi connectivity index (χ1n) is 6.68. The molecule has 0 spiro atoms. The molecular weight excluding hydrogens is 320 g/mol. The molecule has 1 heterocycles. The monoisotopic (exact) mass is 336 g/mol. The van der Waals surface area contributed by atoms with E-state index >= 15 is 0 Å². The van der Waals surface area contributed by atoms with Crippen molar-refractivity contribution in [3.05, 3.63) is 58.9 Å². The summed E-state index contributed by atoms with van der Waals surface area (Å²) in [6.45, 7) is 4.19. The lowest BCUT2D eigenvalue weighted by molar-refractivity contribution is 1.27. The summed E-state index contributed by atoms with van der Waals surface area (Å²) in [4.78, 5) is 8.80. The van der Waals surface area contributed by atoms with Gasteiger partial charge in [-0.2, -0.15) is 0 Å². The maximum Gasteiger partial charge on any atom is 0.130 e. The van der Waals surface area contributed by atoms with Gasteiger partial charge in [0.05, 0.1) is 5.69 Å². The Morgan fingerprint density at radius 3 is 2.67 bits per heavy atom. The van der Waals surface area contributed by atoms with Crippen molar-refractivity contribution in [1.29, 1.82) is 0 Å². The van der Waals surface area contributed by atoms with Gasteiger partial charge in [0.25, 0.3) is 0 Å². The van der Waals surface area contributed by atoms with Crippen LogP contribution >= 0.6 is 35.1 Å². The van der Waals surface area contributed by atoms with Crippen LogP contribution in [-0.2, 0) is 5.75 Å². The van der Waals surface area contributed by atoms with Gasteiger partial charge in [-0.1, -0.05) is 48.1 Å². The molecule has 2 nitrogen and oxygen atoms in total. The van der Waals surface area contributed by atoms with Crippen molar-refractivity contribution in [3.8, 4) is 0 Å². The van der Waals surface area contributed by atoms with Crippen molar-refractivity contribution < 1.29 is 0 Å². The van der Waals surface area contributed by atoms with Crippen molar-refractivity contribution in [2.75, 3.05) is 5.75 Å². The number of thioether (sulfide) groups is 2. The molecule has 21 heavy (non-hydrogen) atoms. The van der Waals surface area contributed by atoms with Crippen molar-refractivity contribution in [3.63, 3.8) is 0 Å². The number of pyridine rings is 1. The Hall–Kier alpha value is -0.970. The standard InChI is InChI=1S/C16H17ClN2S2/c1-3-20-16(21-11-13-6-8-18-9-7-13)19-15-10-14(17)5-4-12(15)2/h4-10H,3,11H2,1-2H3. The molecule has 0 unspecified atom stereocenters. The van der Waals surface area contributed by atoms with Crippen LogP contribution in [-0.4, -0.2) is 15.1 Å². The zero-order chi connectivity index (χ0) is 15.1. The quantitative estimate of drug-likeness (QED) is 0.527. The molecule has 0 aliphatic carbocycles. The summed E-state index contributed by atoms with van der Waals surface area (Å²) in [5.41, 5.74) is 3.33. The molecule has 0 fully saturated rings. The number of aromatic nitrogens is 1. The molecule has 0 atom stereocenters. The van der Waals surface area contributed by atoms with E-state index in [0.29, 0.717) is 0 Å². The molecule has 0 aliphatic rings. The number of aliphatic imine (C=N–C) groups is 1. The first-order valence-corrected chi connectivity index (χ1v) is 9.03. The van der Waals surface area contributed by atoms with Crippen molar-refractivity contribution in [2.45, 2.75) is 19.6 Å². The molecule has 1 aromatic carbocycles. The van der Waals surface area contributed by atoms with Gasteiger partial charge in [-0.15, -0.1) is 0 Å². The lowest BCUT2D eigenvalue weighted by Gasteiger charge is -2.07. The van der Waals surface area contributed by atoms with Gasteiger partial charge in [0.2, 0.25) is 0 Å². The second-order valence-corrected chi connectivity index (χ2v) is 7.30. The summed E-state index contributed by atoms with van der Waals surface area (Å²) in [5, 5.41) is 0.722. The number of hydrogen-bond acceptors (Lipinski definition) is 4. The van der Waals surface area contributed by atoms with E-state index in [4.69, 9.17) is 16.6 Å². The van der Waals surface area contributed by atoms with Gasteiger partial charge in [0, 0.05) is 23.2 Å². The van der Waals surface area contributed by atoms with Gasteiger partial charge in [0.1, 0.15) is 4.38 Å². The SMILES string of the molecule is CCSC(=Nc1cc(Cl)ccc1C)SCc1ccncc1. The molecule has 0 bridgehead atoms. The van der Waals surface area contributed by atoms with Crippen LogP contribution < -0.4 is 0 Å². The molecule has 0 saturated carbocycles. The average Bonchev–Trinajstić information content (AvgIpc) is 2.50. The highest BCUT2D eigenvalue weighted by molar-refractivity contribution is 8.38. The van der Waals surface area contributed by atoms with E-state index < -0.39 is 0 Å². The second-order valence-electron chi connectivity index (χ2n) is 4.39. The number of rotatable bonds is 4. The average molecular weight is 337 g/mol. The summed E-state index contributed by atoms with van der Waals surface area (Å²) < 4.78 is 1.07. The second kappa shape index (κ2) is 8.47. The Morgan fingerprint density at radius 1 is 1.19 bits per heavy atom. The number of benzene rings is 1. The molecular formula is C16H17ClN2S2. The summed E-state index contributed by atoms with van der Waals surface area (Å²) in [6.07, 6.45) is 3.64. The molecule has 0 amide bonds. The Morgan fingerprint density at radius 2 is 1.95 bits per heavy atom. The summed E-state index contributed by atoms with van der Waals surface area (Å²) in [6, 6.07) is 9.88. The minimum atomic E-state index is 0.722. The number of halogens is 1. The Kier molecular flexibility index (Phi) is 6.61. The van der Waals surface area contributed by atoms with Crippen LogP contribution in [0, 0.1) is 6.92 Å². The first-order chi connectivity index (χ1) is 10.2. The maximum atomic E-state index is 6.06. The van der Waals surface area contributed by atoms with Crippen LogP contribution in [0.2, 0.25) is 5.02 Å². The van der Waals surface area contributed by atoms with Gasteiger partial charge >= 0.3 is 0 Å². The summed E-state index contributed by atoms with van der Waals surface area (Å²) >= 11 is 9.57. The van der Waals surface area contributed by atoms with Crippen molar-refractivity contribution in [1.82, 2.24) is 4.98 Å². The smallest absolute Gasteiger partial charge is 0.130 e. The van der Waals surface area contributed by atoms with Crippen LogP contribution in [0.5, 0.6) is 0 Å². The molecule has 2 rings (SSSR count). The van der Waals surface area contributed by atoms with Crippen molar-refractivity contribution in [2.24, 2.45) is 4.99 Å². The van der Waals surface area contributed by atoms with E-state index in [-0.39, 0.29) is 0 Å². The fraction of sp³-hybridized carbons (Fsp3) is 0.250. The molecule has 0 radical (unpaired) electrons. The van der Waals surface area contributed by atoms with Gasteiger partial charge < -0.3 is 0 Å². The summed E-state index contributed by atoms with van der Waals surface area (Å²) in [7, 11) is 0. The Bertz CT molecular complexity index is 615. The predicted octanol–water partition coefficient (Wildman–Crippen LogP) is 5.72. The Balaban J connectivity index is 2.14. The van der Waals surface area contributed by atoms with E-state index in [2.05, 4.69) is 18.8 Å². The van der Waals surface area contributed by atoms with Crippen LogP contribution in [0.25, 0.3) is 0 Å². The highest BCUT2D eigenvalue weighted by atomic mass is 35.5. The predicted molar refractivity (Wildman–Crippen MR) is 96.9 cm³/mol. The largest absolute Gasteiger partial charge is 0.265 e. The lowest BCUT2D eigenvalue weighted by Crippen LogP contribution is -1.90. The van der Waals surface area contributed by atoms with Crippen LogP contribution in [0.3, 0.4) is 0 Å². The van der Waals surface area contributed by atoms with E-state index in [1.54, 1.807) is 23.5 Å². The van der Waals surface area contributed by atoms with E-state index in [9.17, 15) is 0 Å². The zero-order valence-corrected chi connectivity index (χ0v) is 14.4. The number of nitrogens with zero attached hydrogens (tertiary/aromatic N) is 2. The number of aryl methyl sites for hydroxylation is 1. The third-order valence-electron chi connectivity index (χ3n) is 2.76. The zero-order valence-electron chi connectivity index (χ0n) is 12.0. The molecule has 1 aromatic heterocycles. The molecule has 5 heteroatoms. The van der Waals surface area contributed by atoms with Gasteiger partial charge in [-0.3, -0.25) is 4.98 Å². The fourth-order valence-corrected chi connectivity index (χ4v) is 3.74. The number of hydrogen-bond donors (Lipinski definition) is 0. The third kappa shape index (κ3) is 5.38. The van der Waals surface area contributed by atoms with Gasteiger partial charge in [-0.05, 0) is 48.1 Å². The van der Waals surface area contributed by atoms with E-state index in [0.717, 1.165) is 32.2 Å². The molecule has 0 aliphatic heterocycles. The molecule has 110 valence electrons. The van der Waals surface area contributed by atoms with Gasteiger partial charge in [-0.25, -0.2) is 4.99 Å². The van der Waals surface area contributed by atoms with Gasteiger partial charge in [0.15, 0.2) is 0 Å². The van der Waals surface area contributed by atoms with Crippen LogP contribution in [0.1, 0.15) is 18.1 Å². The minimum Gasteiger partial charge on any atom is -0.265 e. The minimum absolute atomic E-state index is 0.722. The topological polar surface area (TPSA) is 25.2 Å².